The molecule has 0 aliphatic carbocycles. The molecule has 0 aliphatic rings. The van der Waals surface area contributed by atoms with Gasteiger partial charge in [0.15, 0.2) is 0 Å². The second-order valence-electron chi connectivity index (χ2n) is 6.10. The Labute approximate surface area is 193 Å². The molecule has 0 fully saturated rings. The topological polar surface area (TPSA) is 62.7 Å². The summed E-state index contributed by atoms with van der Waals surface area (Å²) < 4.78 is 16.6. The molecular formula is C19H13ClFIN4OS2. The van der Waals surface area contributed by atoms with Crippen LogP contribution in [0.3, 0.4) is 0 Å². The number of nitrogens with zero attached hydrogens (tertiary/aromatic N) is 2. The zero-order chi connectivity index (χ0) is 20.5. The predicted molar refractivity (Wildman–Crippen MR) is 125 cm³/mol. The molecular weight excluding hydrogens is 546 g/mol. The van der Waals surface area contributed by atoms with E-state index in [0.717, 1.165) is 25.2 Å². The molecule has 0 unspecified atom stereocenters. The van der Waals surface area contributed by atoms with Crippen LogP contribution in [0.25, 0.3) is 21.6 Å². The third-order valence-electron chi connectivity index (χ3n) is 4.34. The predicted octanol–water partition coefficient (Wildman–Crippen LogP) is 5.65. The number of thiophene rings is 1. The van der Waals surface area contributed by atoms with Crippen molar-refractivity contribution in [1.82, 2.24) is 19.9 Å². The maximum absolute atomic E-state index is 13.1. The summed E-state index contributed by atoms with van der Waals surface area (Å²) in [6.45, 7) is 0.828. The van der Waals surface area contributed by atoms with Gasteiger partial charge in [-0.25, -0.2) is 9.37 Å². The molecule has 4 aromatic rings. The van der Waals surface area contributed by atoms with Gasteiger partial charge >= 0.3 is 0 Å². The van der Waals surface area contributed by atoms with Crippen LogP contribution < -0.4 is 5.32 Å². The van der Waals surface area contributed by atoms with Gasteiger partial charge in [-0.05, 0) is 58.3 Å². The molecule has 5 nitrogen and oxygen atoms in total. The van der Waals surface area contributed by atoms with Crippen LogP contribution in [-0.4, -0.2) is 27.0 Å². The van der Waals surface area contributed by atoms with Gasteiger partial charge in [0.25, 0.3) is 5.91 Å². The molecule has 1 amide bonds. The van der Waals surface area contributed by atoms with Crippen molar-refractivity contribution in [1.29, 1.82) is 0 Å². The molecule has 10 heteroatoms. The molecule has 3 aromatic heterocycles. The van der Waals surface area contributed by atoms with Crippen LogP contribution in [0.4, 0.5) is 4.39 Å². The Morgan fingerprint density at radius 3 is 2.79 bits per heavy atom. The number of hydrogen-bond acceptors (Lipinski definition) is 4. The molecule has 2 N–H and O–H groups in total. The minimum Gasteiger partial charge on any atom is -0.350 e. The van der Waals surface area contributed by atoms with Crippen LogP contribution in [0.5, 0.6) is 0 Å². The molecule has 0 atom stereocenters. The number of benzene rings is 1. The van der Waals surface area contributed by atoms with E-state index < -0.39 is 0 Å². The van der Waals surface area contributed by atoms with E-state index in [9.17, 15) is 9.18 Å². The number of halogens is 3. The lowest BCUT2D eigenvalue weighted by molar-refractivity contribution is 0.0952. The van der Waals surface area contributed by atoms with E-state index in [2.05, 4.69) is 37.9 Å². The first kappa shape index (κ1) is 20.5. The number of aromatic nitrogens is 3. The monoisotopic (exact) mass is 558 g/mol. The normalized spacial score (nSPS) is 11.1. The largest absolute Gasteiger partial charge is 0.350 e. The third-order valence-corrected chi connectivity index (χ3v) is 7.03. The molecule has 0 radical (unpaired) electrons. The van der Waals surface area contributed by atoms with Crippen LogP contribution in [0.2, 0.25) is 5.02 Å². The molecule has 0 saturated carbocycles. The van der Waals surface area contributed by atoms with Gasteiger partial charge in [0.2, 0.25) is 0 Å². The summed E-state index contributed by atoms with van der Waals surface area (Å²) in [5.41, 5.74) is 2.91. The second kappa shape index (κ2) is 8.50. The fourth-order valence-corrected chi connectivity index (χ4v) is 5.64. The molecule has 0 bridgehead atoms. The Hall–Kier alpha value is -1.82. The Bertz CT molecular complexity index is 1270. The number of nitrogens with one attached hydrogen (secondary N) is 2. The highest BCUT2D eigenvalue weighted by molar-refractivity contribution is 14.1. The maximum atomic E-state index is 13.1. The van der Waals surface area contributed by atoms with E-state index in [0.29, 0.717) is 28.3 Å². The number of H-pyrrole nitrogens is 1. The first-order valence-corrected chi connectivity index (χ1v) is 11.2. The lowest BCUT2D eigenvalue weighted by atomic mass is 10.2. The van der Waals surface area contributed by atoms with Crippen LogP contribution >= 0.6 is 57.7 Å². The van der Waals surface area contributed by atoms with E-state index in [-0.39, 0.29) is 11.7 Å². The summed E-state index contributed by atoms with van der Waals surface area (Å²) in [5, 5.41) is 5.45. The highest BCUT2D eigenvalue weighted by atomic mass is 127. The molecule has 0 spiro atoms. The van der Waals surface area contributed by atoms with Crippen molar-refractivity contribution in [2.75, 3.05) is 6.54 Å². The lowest BCUT2D eigenvalue weighted by Crippen LogP contribution is -2.27. The highest BCUT2D eigenvalue weighted by Gasteiger charge is 2.21. The molecule has 4 rings (SSSR count). The zero-order valence-corrected chi connectivity index (χ0v) is 19.3. The van der Waals surface area contributed by atoms with Gasteiger partial charge < -0.3 is 14.9 Å². The molecule has 0 saturated heterocycles. The average Bonchev–Trinajstić information content (AvgIpc) is 3.24. The van der Waals surface area contributed by atoms with Gasteiger partial charge in [-0.1, -0.05) is 23.8 Å². The quantitative estimate of drug-likeness (QED) is 0.246. The first-order chi connectivity index (χ1) is 14.0. The second-order valence-corrected chi connectivity index (χ2v) is 8.91. The van der Waals surface area contributed by atoms with Crippen LogP contribution in [-0.2, 0) is 6.54 Å². The average molecular weight is 559 g/mol. The minimum atomic E-state index is -0.380. The van der Waals surface area contributed by atoms with E-state index in [1.807, 2.05) is 16.0 Å². The summed E-state index contributed by atoms with van der Waals surface area (Å²) in [4.78, 5) is 20.7. The molecule has 148 valence electrons. The van der Waals surface area contributed by atoms with Crippen LogP contribution in [0.15, 0.2) is 42.0 Å². The van der Waals surface area contributed by atoms with Gasteiger partial charge in [-0.2, -0.15) is 0 Å². The summed E-state index contributed by atoms with van der Waals surface area (Å²) in [7, 11) is 0. The van der Waals surface area contributed by atoms with Crippen LogP contribution in [0.1, 0.15) is 10.4 Å². The molecule has 29 heavy (non-hydrogen) atoms. The number of amides is 1. The smallest absolute Gasteiger partial charge is 0.251 e. The summed E-state index contributed by atoms with van der Waals surface area (Å²) in [6, 6.07) is 7.28. The van der Waals surface area contributed by atoms with Crippen molar-refractivity contribution in [3.63, 3.8) is 0 Å². The van der Waals surface area contributed by atoms with Gasteiger partial charge in [-0.15, -0.1) is 11.3 Å². The third kappa shape index (κ3) is 3.96. The lowest BCUT2D eigenvalue weighted by Gasteiger charge is -2.12. The first-order valence-electron chi connectivity index (χ1n) is 8.50. The fourth-order valence-electron chi connectivity index (χ4n) is 3.04. The molecule has 0 aliphatic heterocycles. The van der Waals surface area contributed by atoms with Crippen LogP contribution in [0, 0.1) is 14.0 Å². The molecule has 3 heterocycles. The Kier molecular flexibility index (Phi) is 6.00. The van der Waals surface area contributed by atoms with E-state index >= 15 is 0 Å². The maximum Gasteiger partial charge on any atom is 0.251 e. The van der Waals surface area contributed by atoms with Crippen molar-refractivity contribution >= 4 is 74.7 Å². The number of fused-ring (bicyclic) bond motifs is 1. The summed E-state index contributed by atoms with van der Waals surface area (Å²) in [6.07, 6.45) is 1.58. The zero-order valence-electron chi connectivity index (χ0n) is 14.7. The van der Waals surface area contributed by atoms with Crippen molar-refractivity contribution in [3.8, 4) is 10.6 Å². The summed E-state index contributed by atoms with van der Waals surface area (Å²) >= 11 is 15.7. The van der Waals surface area contributed by atoms with Gasteiger partial charge in [0.05, 0.1) is 25.5 Å². The number of carbonyl (C=O) groups excluding carboxylic acids is 1. The number of rotatable bonds is 5. The van der Waals surface area contributed by atoms with Gasteiger partial charge in [0, 0.05) is 18.7 Å². The Balaban J connectivity index is 1.68. The Morgan fingerprint density at radius 2 is 2.10 bits per heavy atom. The van der Waals surface area contributed by atoms with E-state index in [1.54, 1.807) is 6.33 Å². The number of hydrogen-bond donors (Lipinski definition) is 2. The minimum absolute atomic E-state index is 0.268. The Morgan fingerprint density at radius 1 is 1.34 bits per heavy atom. The summed E-state index contributed by atoms with van der Waals surface area (Å²) in [5.74, 6) is -0.649. The van der Waals surface area contributed by atoms with Crippen molar-refractivity contribution in [3.05, 3.63) is 66.7 Å². The van der Waals surface area contributed by atoms with Gasteiger partial charge in [0.1, 0.15) is 21.5 Å². The highest BCUT2D eigenvalue weighted by Crippen LogP contribution is 2.40. The standard InChI is InChI=1S/C19H13ClFIN4OS2/c20-12-5-8-29-17(12)15-13(22)14-16(19(28)25-9-24-14)26(15)7-6-23-18(27)10-1-3-11(21)4-2-10/h1-5,8-9H,6-7H2,(H,23,27)(H,24,25,28). The number of aromatic amines is 1. The van der Waals surface area contributed by atoms with E-state index in [1.165, 1.54) is 35.6 Å². The van der Waals surface area contributed by atoms with Crippen molar-refractivity contribution in [2.24, 2.45) is 0 Å². The fraction of sp³-hybridized carbons (Fsp3) is 0.105. The molecule has 1 aromatic carbocycles. The number of carbonyl (C=O) groups is 1. The van der Waals surface area contributed by atoms with Gasteiger partial charge in [-0.3, -0.25) is 4.79 Å². The van der Waals surface area contributed by atoms with Crippen molar-refractivity contribution < 1.29 is 9.18 Å². The SMILES string of the molecule is O=C(NCCn1c(-c2sccc2Cl)c(I)c2nc[nH]c(=S)c21)c1ccc(F)cc1. The van der Waals surface area contributed by atoms with E-state index in [4.69, 9.17) is 23.8 Å². The van der Waals surface area contributed by atoms with Crippen molar-refractivity contribution in [2.45, 2.75) is 6.54 Å².